The lowest BCUT2D eigenvalue weighted by Crippen LogP contribution is -1.89. The second kappa shape index (κ2) is 11.3. The minimum Gasteiger partial charge on any atom is -0.300 e. The van der Waals surface area contributed by atoms with Crippen molar-refractivity contribution in [2.45, 2.75) is 78.6 Å². The summed E-state index contributed by atoms with van der Waals surface area (Å²) in [6, 6.07) is 0. The highest BCUT2D eigenvalue weighted by molar-refractivity contribution is 5.75. The van der Waals surface area contributed by atoms with Gasteiger partial charge in [0.2, 0.25) is 0 Å². The average molecular weight is 250 g/mol. The van der Waals surface area contributed by atoms with Gasteiger partial charge in [-0.25, -0.2) is 0 Å². The maximum Gasteiger partial charge on any atom is 0.129 e. The van der Waals surface area contributed by atoms with E-state index in [-0.39, 0.29) is 0 Å². The molecule has 0 radical (unpaired) electrons. The summed E-state index contributed by atoms with van der Waals surface area (Å²) in [6.45, 7) is 9.81. The fraction of sp³-hybridized carbons (Fsp3) is 0.706. The van der Waals surface area contributed by atoms with Crippen LogP contribution < -0.4 is 0 Å². The lowest BCUT2D eigenvalue weighted by molar-refractivity contribution is -0.117. The molecule has 0 saturated carbocycles. The topological polar surface area (TPSA) is 17.1 Å². The Kier molecular flexibility index (Phi) is 10.7. The average Bonchev–Trinajstić information content (AvgIpc) is 2.30. The van der Waals surface area contributed by atoms with E-state index in [0.717, 1.165) is 12.8 Å². The van der Waals surface area contributed by atoms with Crippen molar-refractivity contribution in [2.75, 3.05) is 0 Å². The molecule has 1 nitrogen and oxygen atoms in total. The van der Waals surface area contributed by atoms with E-state index in [2.05, 4.69) is 26.5 Å². The van der Waals surface area contributed by atoms with E-state index < -0.39 is 0 Å². The number of Topliss-reactive ketones (excluding diaryl/α,β-unsaturated/α-hetero) is 1. The van der Waals surface area contributed by atoms with Crippen LogP contribution in [0.25, 0.3) is 0 Å². The highest BCUT2D eigenvalue weighted by Gasteiger charge is 1.95. The normalized spacial score (nSPS) is 11.6. The molecule has 0 heterocycles. The van der Waals surface area contributed by atoms with Crippen molar-refractivity contribution in [3.8, 4) is 0 Å². The van der Waals surface area contributed by atoms with E-state index in [0.29, 0.717) is 5.78 Å². The molecule has 0 amide bonds. The molecule has 0 aliphatic carbocycles. The van der Waals surface area contributed by atoms with Gasteiger partial charge in [0, 0.05) is 6.42 Å². The predicted octanol–water partition coefficient (Wildman–Crippen LogP) is 5.61. The van der Waals surface area contributed by atoms with Gasteiger partial charge in [-0.05, 0) is 40.0 Å². The Morgan fingerprint density at radius 2 is 1.39 bits per heavy atom. The van der Waals surface area contributed by atoms with Gasteiger partial charge in [-0.3, -0.25) is 0 Å². The molecule has 18 heavy (non-hydrogen) atoms. The lowest BCUT2D eigenvalue weighted by atomic mass is 10.0. The quantitative estimate of drug-likeness (QED) is 0.344. The van der Waals surface area contributed by atoms with Crippen molar-refractivity contribution < 1.29 is 4.79 Å². The maximum atomic E-state index is 10.7. The van der Waals surface area contributed by atoms with Crippen LogP contribution in [0.4, 0.5) is 0 Å². The van der Waals surface area contributed by atoms with Gasteiger partial charge in [-0.1, -0.05) is 55.9 Å². The van der Waals surface area contributed by atoms with E-state index in [1.807, 2.05) is 0 Å². The fourth-order valence-electron chi connectivity index (χ4n) is 1.89. The molecule has 0 atom stereocenters. The van der Waals surface area contributed by atoms with E-state index in [1.165, 1.54) is 56.1 Å². The molecule has 1 heteroatoms. The van der Waals surface area contributed by atoms with E-state index in [1.54, 1.807) is 6.92 Å². The number of rotatable bonds is 11. The van der Waals surface area contributed by atoms with Gasteiger partial charge in [0.1, 0.15) is 5.78 Å². The molecule has 0 aliphatic heterocycles. The van der Waals surface area contributed by atoms with Crippen LogP contribution in [0.2, 0.25) is 0 Å². The first kappa shape index (κ1) is 17.2. The van der Waals surface area contributed by atoms with E-state index >= 15 is 0 Å². The van der Waals surface area contributed by atoms with E-state index in [4.69, 9.17) is 0 Å². The molecule has 0 aromatic heterocycles. The third-order valence-corrected chi connectivity index (χ3v) is 3.36. The molecule has 0 N–H and O–H groups in total. The van der Waals surface area contributed by atoms with Gasteiger partial charge in [-0.15, -0.1) is 0 Å². The van der Waals surface area contributed by atoms with Crippen molar-refractivity contribution in [2.24, 2.45) is 0 Å². The zero-order chi connectivity index (χ0) is 13.8. The summed E-state index contributed by atoms with van der Waals surface area (Å²) < 4.78 is 0. The molecule has 0 rings (SSSR count). The SMILES string of the molecule is C=C(C)/C(C)=C\CCCCCCCCCC(C)=O. The fourth-order valence-corrected chi connectivity index (χ4v) is 1.89. The summed E-state index contributed by atoms with van der Waals surface area (Å²) in [7, 11) is 0. The van der Waals surface area contributed by atoms with Crippen molar-refractivity contribution in [1.82, 2.24) is 0 Å². The first-order chi connectivity index (χ1) is 8.54. The Morgan fingerprint density at radius 3 is 1.89 bits per heavy atom. The van der Waals surface area contributed by atoms with Crippen LogP contribution in [0.1, 0.15) is 78.6 Å². The third kappa shape index (κ3) is 11.6. The molecule has 0 saturated heterocycles. The smallest absolute Gasteiger partial charge is 0.129 e. The zero-order valence-corrected chi connectivity index (χ0v) is 12.6. The second-order valence-electron chi connectivity index (χ2n) is 5.38. The number of hydrogen-bond donors (Lipinski definition) is 0. The Hall–Kier alpha value is -0.850. The van der Waals surface area contributed by atoms with Crippen molar-refractivity contribution in [3.63, 3.8) is 0 Å². The van der Waals surface area contributed by atoms with Crippen molar-refractivity contribution >= 4 is 5.78 Å². The van der Waals surface area contributed by atoms with Gasteiger partial charge >= 0.3 is 0 Å². The van der Waals surface area contributed by atoms with Crippen LogP contribution in [0, 0.1) is 0 Å². The summed E-state index contributed by atoms with van der Waals surface area (Å²) in [4.78, 5) is 10.7. The Labute approximate surface area is 113 Å². The Bertz CT molecular complexity index is 273. The standard InChI is InChI=1S/C17H30O/c1-15(2)16(3)13-11-9-7-5-6-8-10-12-14-17(4)18/h13H,1,5-12,14H2,2-4H3/b16-13-. The molecule has 0 bridgehead atoms. The molecular weight excluding hydrogens is 220 g/mol. The number of carbonyl (C=O) groups excluding carboxylic acids is 1. The van der Waals surface area contributed by atoms with Gasteiger partial charge in [0.05, 0.1) is 0 Å². The van der Waals surface area contributed by atoms with Crippen LogP contribution >= 0.6 is 0 Å². The molecular formula is C17H30O. The molecule has 0 aromatic carbocycles. The van der Waals surface area contributed by atoms with E-state index in [9.17, 15) is 4.79 Å². The van der Waals surface area contributed by atoms with Crippen molar-refractivity contribution in [1.29, 1.82) is 0 Å². The number of carbonyl (C=O) groups is 1. The van der Waals surface area contributed by atoms with Crippen LogP contribution in [0.5, 0.6) is 0 Å². The molecule has 0 aromatic rings. The molecule has 0 spiro atoms. The molecule has 0 unspecified atom stereocenters. The minimum absolute atomic E-state index is 0.328. The summed E-state index contributed by atoms with van der Waals surface area (Å²) in [5, 5.41) is 0. The van der Waals surface area contributed by atoms with Crippen LogP contribution in [-0.4, -0.2) is 5.78 Å². The maximum absolute atomic E-state index is 10.7. The molecule has 0 aliphatic rings. The number of unbranched alkanes of at least 4 members (excludes halogenated alkanes) is 7. The first-order valence-electron chi connectivity index (χ1n) is 7.36. The third-order valence-electron chi connectivity index (χ3n) is 3.36. The number of allylic oxidation sites excluding steroid dienone is 3. The molecule has 104 valence electrons. The number of ketones is 1. The van der Waals surface area contributed by atoms with Crippen LogP contribution in [0.15, 0.2) is 23.8 Å². The largest absolute Gasteiger partial charge is 0.300 e. The van der Waals surface area contributed by atoms with Gasteiger partial charge in [0.15, 0.2) is 0 Å². The predicted molar refractivity (Wildman–Crippen MR) is 80.8 cm³/mol. The summed E-state index contributed by atoms with van der Waals surface area (Å²) in [5.41, 5.74) is 2.51. The highest BCUT2D eigenvalue weighted by atomic mass is 16.1. The zero-order valence-electron chi connectivity index (χ0n) is 12.6. The highest BCUT2D eigenvalue weighted by Crippen LogP contribution is 2.12. The minimum atomic E-state index is 0.328. The number of hydrogen-bond acceptors (Lipinski definition) is 1. The summed E-state index contributed by atoms with van der Waals surface area (Å²) in [6.07, 6.45) is 13.1. The lowest BCUT2D eigenvalue weighted by Gasteiger charge is -2.01. The monoisotopic (exact) mass is 250 g/mol. The van der Waals surface area contributed by atoms with Gasteiger partial charge in [0.25, 0.3) is 0 Å². The molecule has 0 fully saturated rings. The second-order valence-corrected chi connectivity index (χ2v) is 5.38. The summed E-state index contributed by atoms with van der Waals surface area (Å²) >= 11 is 0. The Morgan fingerprint density at radius 1 is 0.889 bits per heavy atom. The first-order valence-corrected chi connectivity index (χ1v) is 7.36. The Balaban J connectivity index is 3.24. The van der Waals surface area contributed by atoms with Crippen molar-refractivity contribution in [3.05, 3.63) is 23.8 Å². The van der Waals surface area contributed by atoms with Gasteiger partial charge < -0.3 is 4.79 Å². The van der Waals surface area contributed by atoms with Crippen LogP contribution in [-0.2, 0) is 4.79 Å². The van der Waals surface area contributed by atoms with Gasteiger partial charge in [-0.2, -0.15) is 0 Å². The summed E-state index contributed by atoms with van der Waals surface area (Å²) in [5.74, 6) is 0.328. The van der Waals surface area contributed by atoms with Crippen LogP contribution in [0.3, 0.4) is 0 Å².